The summed E-state index contributed by atoms with van der Waals surface area (Å²) in [5, 5.41) is 0. The summed E-state index contributed by atoms with van der Waals surface area (Å²) in [7, 11) is 0. The normalized spacial score (nSPS) is 28.5. The van der Waals surface area contributed by atoms with Gasteiger partial charge in [-0.25, -0.2) is 0 Å². The minimum Gasteiger partial charge on any atom is -0.294 e. The first-order valence-electron chi connectivity index (χ1n) is 5.58. The average molecular weight is 207 g/mol. The first-order valence-corrected chi connectivity index (χ1v) is 5.58. The molecule has 1 unspecified atom stereocenters. The highest BCUT2D eigenvalue weighted by molar-refractivity contribution is 6.22. The van der Waals surface area contributed by atoms with Crippen LogP contribution in [0, 0.1) is 17.4 Å². The lowest BCUT2D eigenvalue weighted by Gasteiger charge is -2.35. The van der Waals surface area contributed by atoms with Crippen molar-refractivity contribution in [1.82, 2.24) is 0 Å². The molecule has 1 aliphatic rings. The van der Waals surface area contributed by atoms with Crippen molar-refractivity contribution in [3.63, 3.8) is 0 Å². The van der Waals surface area contributed by atoms with E-state index in [1.807, 2.05) is 27.7 Å². The van der Waals surface area contributed by atoms with Crippen LogP contribution in [0.25, 0.3) is 0 Å². The largest absolute Gasteiger partial charge is 0.294 e. The van der Waals surface area contributed by atoms with Crippen LogP contribution in [-0.2, 0) is 9.59 Å². The first kappa shape index (κ1) is 12.2. The molecular weight excluding hydrogens is 188 g/mol. The Hall–Kier alpha value is -0.920. The van der Waals surface area contributed by atoms with Gasteiger partial charge < -0.3 is 0 Å². The summed E-state index contributed by atoms with van der Waals surface area (Å²) in [6.45, 7) is 7.87. The topological polar surface area (TPSA) is 34.1 Å². The Morgan fingerprint density at radius 2 is 2.00 bits per heavy atom. The van der Waals surface area contributed by atoms with E-state index in [-0.39, 0.29) is 22.9 Å². The Kier molecular flexibility index (Phi) is 3.48. The van der Waals surface area contributed by atoms with Crippen LogP contribution in [0.5, 0.6) is 0 Å². The smallest absolute Gasteiger partial charge is 0.170 e. The van der Waals surface area contributed by atoms with Crippen LogP contribution >= 0.6 is 0 Å². The van der Waals surface area contributed by atoms with Gasteiger partial charge in [0.1, 0.15) is 0 Å². The molecule has 1 radical (unpaired) electrons. The quantitative estimate of drug-likeness (QED) is 0.515. The third kappa shape index (κ3) is 2.36. The van der Waals surface area contributed by atoms with E-state index in [0.717, 1.165) is 6.42 Å². The molecule has 2 heteroatoms. The molecule has 0 N–H and O–H groups in total. The molecule has 0 aromatic rings. The summed E-state index contributed by atoms with van der Waals surface area (Å²) < 4.78 is 0. The van der Waals surface area contributed by atoms with Crippen LogP contribution in [0.3, 0.4) is 0 Å². The van der Waals surface area contributed by atoms with Gasteiger partial charge in [0.15, 0.2) is 11.6 Å². The average Bonchev–Trinajstić information content (AvgIpc) is 2.14. The fourth-order valence-corrected chi connectivity index (χ4v) is 1.80. The van der Waals surface area contributed by atoms with Crippen LogP contribution in [0.4, 0.5) is 0 Å². The van der Waals surface area contributed by atoms with Crippen LogP contribution in [0.1, 0.15) is 47.0 Å². The van der Waals surface area contributed by atoms with Gasteiger partial charge in [-0.05, 0) is 17.9 Å². The summed E-state index contributed by atoms with van der Waals surface area (Å²) >= 11 is 0. The lowest BCUT2D eigenvalue weighted by molar-refractivity contribution is -0.131. The molecule has 0 aromatic heterocycles. The van der Waals surface area contributed by atoms with Crippen molar-refractivity contribution in [2.75, 3.05) is 0 Å². The van der Waals surface area contributed by atoms with Crippen LogP contribution in [-0.4, -0.2) is 11.6 Å². The molecule has 0 aliphatic heterocycles. The molecule has 0 spiro atoms. The maximum atomic E-state index is 11.9. The zero-order valence-electron chi connectivity index (χ0n) is 10.0. The Bertz CT molecular complexity index is 310. The Balaban J connectivity index is 2.95. The second kappa shape index (κ2) is 4.30. The number of carbonyl (C=O) groups is 2. The monoisotopic (exact) mass is 207 g/mol. The predicted molar refractivity (Wildman–Crippen MR) is 59.2 cm³/mol. The van der Waals surface area contributed by atoms with Gasteiger partial charge in [0.25, 0.3) is 0 Å². The molecule has 0 aromatic carbocycles. The molecule has 83 valence electrons. The second-order valence-electron chi connectivity index (χ2n) is 4.98. The van der Waals surface area contributed by atoms with Crippen LogP contribution in [0.2, 0.25) is 0 Å². The molecule has 1 aliphatic carbocycles. The summed E-state index contributed by atoms with van der Waals surface area (Å²) in [6, 6.07) is 0. The molecule has 15 heavy (non-hydrogen) atoms. The standard InChI is InChI=1S/C13H19O2/c1-5-6-7-10-11(14)8-13(3,4)9(2)12(10)15/h9H,5-6,8H2,1-4H3. The number of rotatable bonds is 2. The SMILES string of the molecule is CCC[C]=C1C(=O)CC(C)(C)C(C)C1=O. The number of hydrogen-bond donors (Lipinski definition) is 0. The first-order chi connectivity index (χ1) is 6.90. The summed E-state index contributed by atoms with van der Waals surface area (Å²) in [5.74, 6) is -0.129. The van der Waals surface area contributed by atoms with Crippen molar-refractivity contribution in [3.8, 4) is 0 Å². The van der Waals surface area contributed by atoms with Gasteiger partial charge in [0.2, 0.25) is 0 Å². The molecule has 1 atom stereocenters. The molecular formula is C13H19O2. The number of carbonyl (C=O) groups excluding carboxylic acids is 2. The highest BCUT2D eigenvalue weighted by Gasteiger charge is 2.41. The molecule has 1 saturated carbocycles. The molecule has 0 heterocycles. The molecule has 2 nitrogen and oxygen atoms in total. The maximum absolute atomic E-state index is 11.9. The van der Waals surface area contributed by atoms with E-state index in [4.69, 9.17) is 0 Å². The van der Waals surface area contributed by atoms with Gasteiger partial charge in [-0.2, -0.15) is 0 Å². The number of Topliss-reactive ketones (excluding diaryl/α,β-unsaturated/α-hetero) is 2. The molecule has 0 bridgehead atoms. The Labute approximate surface area is 91.7 Å². The number of unbranched alkanes of at least 4 members (excludes halogenated alkanes) is 1. The van der Waals surface area contributed by atoms with E-state index >= 15 is 0 Å². The van der Waals surface area contributed by atoms with Crippen LogP contribution < -0.4 is 0 Å². The van der Waals surface area contributed by atoms with Crippen molar-refractivity contribution in [3.05, 3.63) is 11.6 Å². The number of hydrogen-bond acceptors (Lipinski definition) is 2. The van der Waals surface area contributed by atoms with Crippen molar-refractivity contribution < 1.29 is 9.59 Å². The number of ketones is 2. The predicted octanol–water partition coefficient (Wildman–Crippen LogP) is 2.72. The summed E-state index contributed by atoms with van der Waals surface area (Å²) in [6.07, 6.45) is 5.03. The van der Waals surface area contributed by atoms with E-state index in [1.54, 1.807) is 0 Å². The van der Waals surface area contributed by atoms with Gasteiger partial charge in [-0.1, -0.05) is 34.1 Å². The zero-order chi connectivity index (χ0) is 11.6. The maximum Gasteiger partial charge on any atom is 0.170 e. The molecule has 0 saturated heterocycles. The third-order valence-electron chi connectivity index (χ3n) is 3.26. The highest BCUT2D eigenvalue weighted by Crippen LogP contribution is 2.38. The fourth-order valence-electron chi connectivity index (χ4n) is 1.80. The fraction of sp³-hybridized carbons (Fsp3) is 0.692. The molecule has 1 rings (SSSR count). The second-order valence-corrected chi connectivity index (χ2v) is 4.98. The molecule has 1 fully saturated rings. The van der Waals surface area contributed by atoms with E-state index < -0.39 is 0 Å². The van der Waals surface area contributed by atoms with Gasteiger partial charge >= 0.3 is 0 Å². The van der Waals surface area contributed by atoms with Crippen molar-refractivity contribution in [1.29, 1.82) is 0 Å². The summed E-state index contributed by atoms with van der Waals surface area (Å²) in [4.78, 5) is 23.7. The number of allylic oxidation sites excluding steroid dienone is 2. The third-order valence-corrected chi connectivity index (χ3v) is 3.26. The van der Waals surface area contributed by atoms with Crippen molar-refractivity contribution in [2.45, 2.75) is 47.0 Å². The minimum absolute atomic E-state index is 0.0234. The van der Waals surface area contributed by atoms with E-state index in [9.17, 15) is 9.59 Å². The zero-order valence-corrected chi connectivity index (χ0v) is 10.0. The van der Waals surface area contributed by atoms with Gasteiger partial charge in [0, 0.05) is 12.3 Å². The van der Waals surface area contributed by atoms with Crippen molar-refractivity contribution in [2.24, 2.45) is 11.3 Å². The van der Waals surface area contributed by atoms with E-state index in [2.05, 4.69) is 6.08 Å². The van der Waals surface area contributed by atoms with Crippen LogP contribution in [0.15, 0.2) is 5.57 Å². The summed E-state index contributed by atoms with van der Waals surface area (Å²) in [5.41, 5.74) is 0.120. The Morgan fingerprint density at radius 1 is 1.40 bits per heavy atom. The van der Waals surface area contributed by atoms with Gasteiger partial charge in [-0.15, -0.1) is 0 Å². The lowest BCUT2D eigenvalue weighted by Crippen LogP contribution is -2.39. The van der Waals surface area contributed by atoms with Crippen molar-refractivity contribution >= 4 is 11.6 Å². The van der Waals surface area contributed by atoms with Gasteiger partial charge in [0.05, 0.1) is 5.57 Å². The van der Waals surface area contributed by atoms with Gasteiger partial charge in [-0.3, -0.25) is 9.59 Å². The Morgan fingerprint density at radius 3 is 2.53 bits per heavy atom. The highest BCUT2D eigenvalue weighted by atomic mass is 16.2. The lowest BCUT2D eigenvalue weighted by atomic mass is 9.67. The van der Waals surface area contributed by atoms with E-state index in [0.29, 0.717) is 18.4 Å². The molecule has 0 amide bonds. The van der Waals surface area contributed by atoms with E-state index in [1.165, 1.54) is 0 Å². The minimum atomic E-state index is -0.203.